The lowest BCUT2D eigenvalue weighted by Crippen LogP contribution is -2.37. The highest BCUT2D eigenvalue weighted by Gasteiger charge is 2.42. The standard InChI is InChI=1S/C30H36N6O3/c1-21-28(33-36(32-21)26-10-6-3-7-11-26)30(38)35-18-24-16-34(17-25(24)19-35)14-12-27(22-8-4-2-5-9-22)31-29(37)23-13-15-39-20-23/h2-11,23-25,27H,12-20H2,1H3,(H,31,37)/t23?,24?,25?,27-/m0/s1. The lowest BCUT2D eigenvalue weighted by molar-refractivity contribution is -0.125. The van der Waals surface area contributed by atoms with E-state index in [4.69, 9.17) is 4.74 Å². The van der Waals surface area contributed by atoms with Crippen molar-refractivity contribution in [2.45, 2.75) is 25.8 Å². The van der Waals surface area contributed by atoms with Crippen molar-refractivity contribution in [2.75, 3.05) is 45.9 Å². The van der Waals surface area contributed by atoms with Crippen molar-refractivity contribution < 1.29 is 14.3 Å². The lowest BCUT2D eigenvalue weighted by Gasteiger charge is -2.25. The van der Waals surface area contributed by atoms with E-state index in [9.17, 15) is 9.59 Å². The van der Waals surface area contributed by atoms with Gasteiger partial charge in [-0.2, -0.15) is 9.90 Å². The zero-order valence-electron chi connectivity index (χ0n) is 22.4. The summed E-state index contributed by atoms with van der Waals surface area (Å²) in [4.78, 5) is 32.2. The van der Waals surface area contributed by atoms with Crippen LogP contribution in [0.15, 0.2) is 60.7 Å². The smallest absolute Gasteiger partial charge is 0.276 e. The third kappa shape index (κ3) is 5.60. The number of carbonyl (C=O) groups is 2. The Hall–Kier alpha value is -3.56. The molecule has 204 valence electrons. The van der Waals surface area contributed by atoms with Crippen molar-refractivity contribution in [1.29, 1.82) is 0 Å². The van der Waals surface area contributed by atoms with Gasteiger partial charge in [0.25, 0.3) is 5.91 Å². The minimum absolute atomic E-state index is 0.0204. The van der Waals surface area contributed by atoms with E-state index in [1.165, 1.54) is 0 Å². The fraction of sp³-hybridized carbons (Fsp3) is 0.467. The molecule has 0 bridgehead atoms. The van der Waals surface area contributed by atoms with Crippen LogP contribution in [-0.4, -0.2) is 82.5 Å². The number of nitrogens with one attached hydrogen (secondary N) is 1. The summed E-state index contributed by atoms with van der Waals surface area (Å²) in [5, 5.41) is 12.3. The molecule has 0 spiro atoms. The summed E-state index contributed by atoms with van der Waals surface area (Å²) in [5.74, 6) is 0.924. The predicted molar refractivity (Wildman–Crippen MR) is 146 cm³/mol. The molecule has 4 heterocycles. The number of rotatable bonds is 8. The van der Waals surface area contributed by atoms with E-state index in [2.05, 4.69) is 32.5 Å². The van der Waals surface area contributed by atoms with Gasteiger partial charge in [0.05, 0.1) is 29.9 Å². The molecule has 4 atom stereocenters. The van der Waals surface area contributed by atoms with Crippen LogP contribution in [0.3, 0.4) is 0 Å². The number of carbonyl (C=O) groups excluding carboxylic acids is 2. The second-order valence-electron chi connectivity index (χ2n) is 11.1. The summed E-state index contributed by atoms with van der Waals surface area (Å²) in [7, 11) is 0. The van der Waals surface area contributed by atoms with Gasteiger partial charge in [-0.3, -0.25) is 9.59 Å². The van der Waals surface area contributed by atoms with Crippen molar-refractivity contribution >= 4 is 11.8 Å². The maximum atomic E-state index is 13.4. The molecule has 3 unspecified atom stereocenters. The SMILES string of the molecule is Cc1nn(-c2ccccc2)nc1C(=O)N1CC2CN(CC[C@H](NC(=O)C3CCOC3)c3ccccc3)CC2C1. The van der Waals surface area contributed by atoms with Gasteiger partial charge in [0.2, 0.25) is 5.91 Å². The molecule has 9 nitrogen and oxygen atoms in total. The van der Waals surface area contributed by atoms with E-state index in [1.807, 2.05) is 60.4 Å². The number of nitrogens with zero attached hydrogens (tertiary/aromatic N) is 5. The van der Waals surface area contributed by atoms with E-state index in [0.29, 0.717) is 36.4 Å². The van der Waals surface area contributed by atoms with Crippen molar-refractivity contribution in [3.05, 3.63) is 77.6 Å². The number of amides is 2. The summed E-state index contributed by atoms with van der Waals surface area (Å²) in [6.07, 6.45) is 1.65. The van der Waals surface area contributed by atoms with Gasteiger partial charge in [0.15, 0.2) is 5.69 Å². The third-order valence-corrected chi connectivity index (χ3v) is 8.37. The van der Waals surface area contributed by atoms with Crippen molar-refractivity contribution in [1.82, 2.24) is 30.1 Å². The number of hydrogen-bond acceptors (Lipinski definition) is 6. The first-order valence-electron chi connectivity index (χ1n) is 14.0. The highest BCUT2D eigenvalue weighted by Crippen LogP contribution is 2.33. The van der Waals surface area contributed by atoms with E-state index in [1.54, 1.807) is 4.80 Å². The number of likely N-dealkylation sites (tertiary alicyclic amines) is 2. The average Bonchev–Trinajstić information content (AvgIpc) is 3.76. The molecule has 1 N–H and O–H groups in total. The molecule has 1 aromatic heterocycles. The van der Waals surface area contributed by atoms with Crippen LogP contribution >= 0.6 is 0 Å². The van der Waals surface area contributed by atoms with E-state index < -0.39 is 0 Å². The number of hydrogen-bond donors (Lipinski definition) is 1. The number of fused-ring (bicyclic) bond motifs is 1. The number of ether oxygens (including phenoxy) is 1. The summed E-state index contributed by atoms with van der Waals surface area (Å²) in [5.41, 5.74) is 3.07. The molecule has 3 aromatic rings. The molecule has 6 rings (SSSR count). The minimum Gasteiger partial charge on any atom is -0.381 e. The van der Waals surface area contributed by atoms with Crippen molar-refractivity contribution in [3.63, 3.8) is 0 Å². The van der Waals surface area contributed by atoms with Crippen LogP contribution in [0.5, 0.6) is 0 Å². The second-order valence-corrected chi connectivity index (χ2v) is 11.1. The van der Waals surface area contributed by atoms with Crippen LogP contribution in [0.4, 0.5) is 0 Å². The zero-order valence-corrected chi connectivity index (χ0v) is 22.4. The average molecular weight is 529 g/mol. The van der Waals surface area contributed by atoms with Crippen LogP contribution in [0, 0.1) is 24.7 Å². The van der Waals surface area contributed by atoms with Crippen LogP contribution in [0.1, 0.15) is 40.6 Å². The molecule has 2 amide bonds. The van der Waals surface area contributed by atoms with Gasteiger partial charge in [-0.25, -0.2) is 0 Å². The first-order chi connectivity index (χ1) is 19.0. The molecule has 9 heteroatoms. The van der Waals surface area contributed by atoms with Crippen molar-refractivity contribution in [2.24, 2.45) is 17.8 Å². The molecule has 0 radical (unpaired) electrons. The Labute approximate surface area is 229 Å². The van der Waals surface area contributed by atoms with Crippen LogP contribution in [0.2, 0.25) is 0 Å². The topological polar surface area (TPSA) is 92.6 Å². The van der Waals surface area contributed by atoms with Gasteiger partial charge >= 0.3 is 0 Å². The fourth-order valence-electron chi connectivity index (χ4n) is 6.19. The van der Waals surface area contributed by atoms with Crippen molar-refractivity contribution in [3.8, 4) is 5.69 Å². The Kier molecular flexibility index (Phi) is 7.43. The number of aromatic nitrogens is 3. The highest BCUT2D eigenvalue weighted by molar-refractivity contribution is 5.93. The number of benzene rings is 2. The maximum absolute atomic E-state index is 13.4. The van der Waals surface area contributed by atoms with Gasteiger partial charge in [-0.05, 0) is 49.3 Å². The predicted octanol–water partition coefficient (Wildman–Crippen LogP) is 2.86. The fourth-order valence-corrected chi connectivity index (χ4v) is 6.19. The van der Waals surface area contributed by atoms with Gasteiger partial charge in [-0.15, -0.1) is 5.10 Å². The number of para-hydroxylation sites is 1. The molecule has 3 aliphatic heterocycles. The molecule has 0 aliphatic carbocycles. The van der Waals surface area contributed by atoms with Gasteiger partial charge in [-0.1, -0.05) is 48.5 Å². The molecule has 3 aliphatic rings. The monoisotopic (exact) mass is 528 g/mol. The maximum Gasteiger partial charge on any atom is 0.276 e. The molecule has 3 fully saturated rings. The third-order valence-electron chi connectivity index (χ3n) is 8.37. The Balaban J connectivity index is 1.04. The molecule has 3 saturated heterocycles. The van der Waals surface area contributed by atoms with Gasteiger partial charge < -0.3 is 19.9 Å². The normalized spacial score (nSPS) is 23.6. The van der Waals surface area contributed by atoms with Gasteiger partial charge in [0, 0.05) is 39.3 Å². The molecule has 2 aromatic carbocycles. The largest absolute Gasteiger partial charge is 0.381 e. The molecule has 39 heavy (non-hydrogen) atoms. The van der Waals surface area contributed by atoms with Gasteiger partial charge in [0.1, 0.15) is 0 Å². The summed E-state index contributed by atoms with van der Waals surface area (Å²) >= 11 is 0. The minimum atomic E-state index is -0.0520. The Morgan fingerprint density at radius 3 is 2.33 bits per heavy atom. The first kappa shape index (κ1) is 25.7. The Morgan fingerprint density at radius 2 is 1.67 bits per heavy atom. The van der Waals surface area contributed by atoms with Crippen LogP contribution in [-0.2, 0) is 9.53 Å². The second kappa shape index (κ2) is 11.3. The van der Waals surface area contributed by atoms with E-state index in [-0.39, 0.29) is 23.8 Å². The zero-order chi connectivity index (χ0) is 26.8. The molecular formula is C30H36N6O3. The van der Waals surface area contributed by atoms with E-state index >= 15 is 0 Å². The summed E-state index contributed by atoms with van der Waals surface area (Å²) in [6.45, 7) is 7.37. The summed E-state index contributed by atoms with van der Waals surface area (Å²) < 4.78 is 5.43. The summed E-state index contributed by atoms with van der Waals surface area (Å²) in [6, 6.07) is 19.9. The first-order valence-corrected chi connectivity index (χ1v) is 14.0. The van der Waals surface area contributed by atoms with Crippen LogP contribution in [0.25, 0.3) is 5.69 Å². The lowest BCUT2D eigenvalue weighted by atomic mass is 10.0. The highest BCUT2D eigenvalue weighted by atomic mass is 16.5. The van der Waals surface area contributed by atoms with Crippen LogP contribution < -0.4 is 5.32 Å². The Bertz CT molecular complexity index is 1280. The molecule has 0 saturated carbocycles. The van der Waals surface area contributed by atoms with E-state index in [0.717, 1.165) is 56.8 Å². The Morgan fingerprint density at radius 1 is 0.974 bits per heavy atom. The molecular weight excluding hydrogens is 492 g/mol. The quantitative estimate of drug-likeness (QED) is 0.484. The number of aryl methyl sites for hydroxylation is 1.